The van der Waals surface area contributed by atoms with Gasteiger partial charge < -0.3 is 14.7 Å². The van der Waals surface area contributed by atoms with E-state index in [4.69, 9.17) is 4.74 Å². The van der Waals surface area contributed by atoms with E-state index in [0.717, 1.165) is 25.9 Å². The van der Waals surface area contributed by atoms with Crippen LogP contribution in [-0.4, -0.2) is 40.5 Å². The number of nitrogens with zero attached hydrogens (tertiary/aromatic N) is 2. The predicted molar refractivity (Wildman–Crippen MR) is 70.3 cm³/mol. The van der Waals surface area contributed by atoms with E-state index >= 15 is 0 Å². The molecule has 0 spiro atoms. The van der Waals surface area contributed by atoms with Crippen molar-refractivity contribution in [3.63, 3.8) is 0 Å². The molecule has 2 rings (SSSR count). The fourth-order valence-corrected chi connectivity index (χ4v) is 2.14. The van der Waals surface area contributed by atoms with Gasteiger partial charge in [0.25, 0.3) is 11.6 Å². The smallest absolute Gasteiger partial charge is 0.270 e. The maximum atomic E-state index is 11.8. The first-order chi connectivity index (χ1) is 9.61. The monoisotopic (exact) mass is 280 g/mol. The van der Waals surface area contributed by atoms with Gasteiger partial charge in [0.2, 0.25) is 0 Å². The summed E-state index contributed by atoms with van der Waals surface area (Å²) in [5, 5.41) is 19.8. The van der Waals surface area contributed by atoms with E-state index in [1.54, 1.807) is 4.90 Å². The minimum atomic E-state index is -0.543. The van der Waals surface area contributed by atoms with Gasteiger partial charge in [-0.05, 0) is 18.9 Å². The van der Waals surface area contributed by atoms with Crippen molar-refractivity contribution in [1.29, 1.82) is 0 Å². The van der Waals surface area contributed by atoms with E-state index in [0.29, 0.717) is 11.3 Å². The Kier molecular flexibility index (Phi) is 4.52. The molecule has 0 atom stereocenters. The summed E-state index contributed by atoms with van der Waals surface area (Å²) in [5.74, 6) is 0.190. The van der Waals surface area contributed by atoms with Crippen molar-refractivity contribution in [2.45, 2.75) is 19.4 Å². The molecule has 1 fully saturated rings. The first-order valence-corrected chi connectivity index (χ1v) is 6.40. The molecular weight excluding hydrogens is 264 g/mol. The van der Waals surface area contributed by atoms with Crippen LogP contribution in [0.4, 0.5) is 5.69 Å². The van der Waals surface area contributed by atoms with Crippen LogP contribution in [0.1, 0.15) is 18.4 Å². The fraction of sp³-hybridized carbons (Fsp3) is 0.462. The molecule has 0 aliphatic carbocycles. The molecule has 7 nitrogen and oxygen atoms in total. The summed E-state index contributed by atoms with van der Waals surface area (Å²) in [5.41, 5.74) is 0.181. The molecule has 1 aromatic rings. The number of hydrogen-bond donors (Lipinski definition) is 1. The lowest BCUT2D eigenvalue weighted by Gasteiger charge is -2.16. The summed E-state index contributed by atoms with van der Waals surface area (Å²) in [7, 11) is 0. The SMILES string of the molecule is O=C(COc1ccc([N+](=O)[O-])cc1CO)N1CCCC1. The van der Waals surface area contributed by atoms with Crippen molar-refractivity contribution in [1.82, 2.24) is 4.90 Å². The van der Waals surface area contributed by atoms with Crippen LogP contribution in [-0.2, 0) is 11.4 Å². The zero-order valence-corrected chi connectivity index (χ0v) is 10.9. The van der Waals surface area contributed by atoms with E-state index in [-0.39, 0.29) is 24.8 Å². The molecule has 1 aliphatic rings. The Morgan fingerprint density at radius 3 is 2.70 bits per heavy atom. The van der Waals surface area contributed by atoms with Crippen LogP contribution in [0.5, 0.6) is 5.75 Å². The highest BCUT2D eigenvalue weighted by Crippen LogP contribution is 2.24. The number of aliphatic hydroxyl groups is 1. The van der Waals surface area contributed by atoms with Crippen LogP contribution >= 0.6 is 0 Å². The van der Waals surface area contributed by atoms with Crippen molar-refractivity contribution in [2.24, 2.45) is 0 Å². The van der Waals surface area contributed by atoms with Gasteiger partial charge in [0.1, 0.15) is 5.75 Å². The van der Waals surface area contributed by atoms with Crippen LogP contribution in [0.2, 0.25) is 0 Å². The number of non-ortho nitro benzene ring substituents is 1. The lowest BCUT2D eigenvalue weighted by Crippen LogP contribution is -2.32. The van der Waals surface area contributed by atoms with E-state index in [9.17, 15) is 20.0 Å². The standard InChI is InChI=1S/C13H16N2O5/c16-8-10-7-11(15(18)19)3-4-12(10)20-9-13(17)14-5-1-2-6-14/h3-4,7,16H,1-2,5-6,8-9H2. The third-order valence-corrected chi connectivity index (χ3v) is 3.24. The van der Waals surface area contributed by atoms with Gasteiger partial charge in [-0.3, -0.25) is 14.9 Å². The lowest BCUT2D eigenvalue weighted by atomic mass is 10.2. The molecular formula is C13H16N2O5. The van der Waals surface area contributed by atoms with Crippen LogP contribution in [0, 0.1) is 10.1 Å². The number of rotatable bonds is 5. The Balaban J connectivity index is 2.01. The van der Waals surface area contributed by atoms with Crippen molar-refractivity contribution >= 4 is 11.6 Å². The van der Waals surface area contributed by atoms with E-state index in [1.807, 2.05) is 0 Å². The summed E-state index contributed by atoms with van der Waals surface area (Å²) >= 11 is 0. The zero-order chi connectivity index (χ0) is 14.5. The molecule has 1 saturated heterocycles. The topological polar surface area (TPSA) is 92.9 Å². The molecule has 1 aliphatic heterocycles. The van der Waals surface area contributed by atoms with Gasteiger partial charge in [0.05, 0.1) is 11.5 Å². The van der Waals surface area contributed by atoms with E-state index < -0.39 is 4.92 Å². The third kappa shape index (κ3) is 3.24. The molecule has 20 heavy (non-hydrogen) atoms. The summed E-state index contributed by atoms with van der Waals surface area (Å²) < 4.78 is 5.36. The van der Waals surface area contributed by atoms with Crippen molar-refractivity contribution in [3.05, 3.63) is 33.9 Å². The van der Waals surface area contributed by atoms with Crippen LogP contribution in [0.3, 0.4) is 0 Å². The summed E-state index contributed by atoms with van der Waals surface area (Å²) in [6.45, 7) is 0.990. The fourth-order valence-electron chi connectivity index (χ4n) is 2.14. The largest absolute Gasteiger partial charge is 0.483 e. The van der Waals surface area contributed by atoms with Gasteiger partial charge >= 0.3 is 0 Å². The number of carbonyl (C=O) groups excluding carboxylic acids is 1. The second-order valence-electron chi connectivity index (χ2n) is 4.58. The lowest BCUT2D eigenvalue weighted by molar-refractivity contribution is -0.385. The van der Waals surface area contributed by atoms with Crippen molar-refractivity contribution in [2.75, 3.05) is 19.7 Å². The Bertz CT molecular complexity index is 511. The molecule has 1 amide bonds. The molecule has 7 heteroatoms. The number of nitro benzene ring substituents is 1. The number of nitro groups is 1. The average molecular weight is 280 g/mol. The molecule has 1 aromatic carbocycles. The number of benzene rings is 1. The van der Waals surface area contributed by atoms with Gasteiger partial charge in [-0.1, -0.05) is 0 Å². The number of carbonyl (C=O) groups is 1. The number of ether oxygens (including phenoxy) is 1. The highest BCUT2D eigenvalue weighted by Gasteiger charge is 2.19. The zero-order valence-electron chi connectivity index (χ0n) is 10.9. The molecule has 0 bridgehead atoms. The predicted octanol–water partition coefficient (Wildman–Crippen LogP) is 1.09. The average Bonchev–Trinajstić information content (AvgIpc) is 2.98. The molecule has 0 saturated carbocycles. The van der Waals surface area contributed by atoms with Gasteiger partial charge in [0.15, 0.2) is 6.61 Å². The Morgan fingerprint density at radius 1 is 1.40 bits per heavy atom. The Labute approximate surface area is 115 Å². The van der Waals surface area contributed by atoms with Crippen molar-refractivity contribution in [3.8, 4) is 5.75 Å². The second-order valence-corrected chi connectivity index (χ2v) is 4.58. The van der Waals surface area contributed by atoms with Crippen LogP contribution in [0.15, 0.2) is 18.2 Å². The first kappa shape index (κ1) is 14.3. The highest BCUT2D eigenvalue weighted by molar-refractivity contribution is 5.78. The van der Waals surface area contributed by atoms with Crippen LogP contribution in [0.25, 0.3) is 0 Å². The molecule has 0 radical (unpaired) electrons. The normalized spacial score (nSPS) is 14.3. The molecule has 1 N–H and O–H groups in total. The minimum absolute atomic E-state index is 0.107. The number of hydrogen-bond acceptors (Lipinski definition) is 5. The van der Waals surface area contributed by atoms with Gasteiger partial charge in [0, 0.05) is 30.8 Å². The summed E-state index contributed by atoms with van der Waals surface area (Å²) in [6, 6.07) is 3.94. The highest BCUT2D eigenvalue weighted by atomic mass is 16.6. The quantitative estimate of drug-likeness (QED) is 0.643. The van der Waals surface area contributed by atoms with Gasteiger partial charge in [-0.25, -0.2) is 0 Å². The van der Waals surface area contributed by atoms with E-state index in [2.05, 4.69) is 0 Å². The van der Waals surface area contributed by atoms with Gasteiger partial charge in [-0.15, -0.1) is 0 Å². The van der Waals surface area contributed by atoms with E-state index in [1.165, 1.54) is 18.2 Å². The Morgan fingerprint density at radius 2 is 2.10 bits per heavy atom. The summed E-state index contributed by atoms with van der Waals surface area (Å²) in [4.78, 5) is 23.6. The van der Waals surface area contributed by atoms with Crippen molar-refractivity contribution < 1.29 is 19.6 Å². The summed E-state index contributed by atoms with van der Waals surface area (Å²) in [6.07, 6.45) is 2.01. The first-order valence-electron chi connectivity index (χ1n) is 6.40. The molecule has 0 aromatic heterocycles. The maximum absolute atomic E-state index is 11.8. The number of amides is 1. The molecule has 108 valence electrons. The third-order valence-electron chi connectivity index (χ3n) is 3.24. The molecule has 0 unspecified atom stereocenters. The van der Waals surface area contributed by atoms with Gasteiger partial charge in [-0.2, -0.15) is 0 Å². The maximum Gasteiger partial charge on any atom is 0.270 e. The minimum Gasteiger partial charge on any atom is -0.483 e. The Hall–Kier alpha value is -2.15. The molecule has 1 heterocycles. The van der Waals surface area contributed by atoms with Crippen LogP contribution < -0.4 is 4.74 Å². The number of likely N-dealkylation sites (tertiary alicyclic amines) is 1. The second kappa shape index (κ2) is 6.33. The number of aliphatic hydroxyl groups excluding tert-OH is 1.